The van der Waals surface area contributed by atoms with Crippen molar-refractivity contribution in [1.82, 2.24) is 14.5 Å². The second-order valence-electron chi connectivity index (χ2n) is 9.54. The molecule has 0 aromatic heterocycles. The Bertz CT molecular complexity index is 865. The van der Waals surface area contributed by atoms with Crippen LogP contribution in [0.2, 0.25) is 0 Å². The number of amides is 2. The Balaban J connectivity index is 1.88. The van der Waals surface area contributed by atoms with Crippen molar-refractivity contribution in [3.8, 4) is 0 Å². The second kappa shape index (κ2) is 11.1. The van der Waals surface area contributed by atoms with E-state index in [9.17, 15) is 18.0 Å². The summed E-state index contributed by atoms with van der Waals surface area (Å²) in [5.74, 6) is 0.0717. The van der Waals surface area contributed by atoms with E-state index in [1.54, 1.807) is 28.0 Å². The summed E-state index contributed by atoms with van der Waals surface area (Å²) in [4.78, 5) is 29.0. The fourth-order valence-electron chi connectivity index (χ4n) is 3.67. The maximum atomic E-state index is 12.7. The highest BCUT2D eigenvalue weighted by atomic mass is 32.2. The number of sulfonamides is 1. The average Bonchev–Trinajstić information content (AvgIpc) is 2.71. The maximum Gasteiger partial charge on any atom is 0.410 e. The SMILES string of the molecule is CC(C)N(CC1CCCN(C(=O)CCNS(=O)(=O)c2ccccc2)C1)C(=O)OC(C)(C)C. The van der Waals surface area contributed by atoms with Crippen molar-refractivity contribution in [2.24, 2.45) is 5.92 Å². The van der Waals surface area contributed by atoms with Crippen molar-refractivity contribution >= 4 is 22.0 Å². The number of rotatable bonds is 8. The van der Waals surface area contributed by atoms with Crippen LogP contribution in [0.15, 0.2) is 35.2 Å². The van der Waals surface area contributed by atoms with Crippen LogP contribution in [0.3, 0.4) is 0 Å². The summed E-state index contributed by atoms with van der Waals surface area (Å²) >= 11 is 0. The number of likely N-dealkylation sites (tertiary alicyclic amines) is 1. The zero-order valence-corrected chi connectivity index (χ0v) is 20.7. The van der Waals surface area contributed by atoms with Gasteiger partial charge in [0.15, 0.2) is 0 Å². The molecule has 1 aromatic carbocycles. The third kappa shape index (κ3) is 8.09. The van der Waals surface area contributed by atoms with Gasteiger partial charge in [0.05, 0.1) is 4.90 Å². The van der Waals surface area contributed by atoms with Gasteiger partial charge < -0.3 is 14.5 Å². The summed E-state index contributed by atoms with van der Waals surface area (Å²) in [5, 5.41) is 0. The van der Waals surface area contributed by atoms with Gasteiger partial charge >= 0.3 is 6.09 Å². The van der Waals surface area contributed by atoms with Crippen LogP contribution in [0.1, 0.15) is 53.9 Å². The first-order chi connectivity index (χ1) is 14.9. The van der Waals surface area contributed by atoms with Gasteiger partial charge in [0, 0.05) is 38.6 Å². The monoisotopic (exact) mass is 467 g/mol. The number of carbonyl (C=O) groups is 2. The number of piperidine rings is 1. The summed E-state index contributed by atoms with van der Waals surface area (Å²) in [7, 11) is -3.63. The van der Waals surface area contributed by atoms with Crippen LogP contribution in [-0.4, -0.2) is 68.0 Å². The summed E-state index contributed by atoms with van der Waals surface area (Å²) in [5.41, 5.74) is -0.564. The molecule has 0 saturated carbocycles. The first kappa shape index (κ1) is 26.1. The lowest BCUT2D eigenvalue weighted by Gasteiger charge is -2.37. The van der Waals surface area contributed by atoms with E-state index in [0.29, 0.717) is 19.6 Å². The third-order valence-corrected chi connectivity index (χ3v) is 6.74. The Morgan fingerprint density at radius 2 is 1.88 bits per heavy atom. The molecule has 1 saturated heterocycles. The lowest BCUT2D eigenvalue weighted by Crippen LogP contribution is -2.48. The quantitative estimate of drug-likeness (QED) is 0.633. The number of nitrogens with one attached hydrogen (secondary N) is 1. The Kier molecular flexibility index (Phi) is 9.09. The number of benzene rings is 1. The zero-order valence-electron chi connectivity index (χ0n) is 19.8. The zero-order chi connectivity index (χ0) is 23.9. The van der Waals surface area contributed by atoms with Crippen molar-refractivity contribution in [3.05, 3.63) is 30.3 Å². The topological polar surface area (TPSA) is 96.0 Å². The van der Waals surface area contributed by atoms with Gasteiger partial charge in [-0.3, -0.25) is 4.79 Å². The van der Waals surface area contributed by atoms with E-state index in [4.69, 9.17) is 4.74 Å². The van der Waals surface area contributed by atoms with Crippen molar-refractivity contribution < 1.29 is 22.7 Å². The van der Waals surface area contributed by atoms with Gasteiger partial charge in [-0.15, -0.1) is 0 Å². The van der Waals surface area contributed by atoms with E-state index < -0.39 is 15.6 Å². The molecule has 1 aliphatic rings. The predicted octanol–water partition coefficient (Wildman–Crippen LogP) is 3.24. The third-order valence-electron chi connectivity index (χ3n) is 5.26. The molecule has 180 valence electrons. The van der Waals surface area contributed by atoms with Gasteiger partial charge in [0.2, 0.25) is 15.9 Å². The van der Waals surface area contributed by atoms with Crippen LogP contribution < -0.4 is 4.72 Å². The number of hydrogen-bond acceptors (Lipinski definition) is 5. The molecule has 1 atom stereocenters. The molecule has 1 unspecified atom stereocenters. The highest BCUT2D eigenvalue weighted by Crippen LogP contribution is 2.21. The Labute approximate surface area is 192 Å². The fraction of sp³-hybridized carbons (Fsp3) is 0.652. The number of nitrogens with zero attached hydrogens (tertiary/aromatic N) is 2. The van der Waals surface area contributed by atoms with Gasteiger partial charge in [-0.05, 0) is 65.5 Å². The van der Waals surface area contributed by atoms with Crippen LogP contribution in [0.4, 0.5) is 4.79 Å². The summed E-state index contributed by atoms with van der Waals surface area (Å²) in [6, 6.07) is 8.09. The van der Waals surface area contributed by atoms with E-state index in [2.05, 4.69) is 4.72 Å². The summed E-state index contributed by atoms with van der Waals surface area (Å²) < 4.78 is 32.6. The number of hydrogen-bond donors (Lipinski definition) is 1. The van der Waals surface area contributed by atoms with Gasteiger partial charge in [-0.1, -0.05) is 18.2 Å². The molecule has 1 heterocycles. The minimum absolute atomic E-state index is 0.0108. The van der Waals surface area contributed by atoms with Crippen LogP contribution >= 0.6 is 0 Å². The maximum absolute atomic E-state index is 12.7. The van der Waals surface area contributed by atoms with E-state index >= 15 is 0 Å². The van der Waals surface area contributed by atoms with E-state index in [1.165, 1.54) is 12.1 Å². The van der Waals surface area contributed by atoms with Crippen molar-refractivity contribution in [2.45, 2.75) is 70.4 Å². The van der Waals surface area contributed by atoms with E-state index in [-0.39, 0.29) is 41.8 Å². The lowest BCUT2D eigenvalue weighted by atomic mass is 9.96. The second-order valence-corrected chi connectivity index (χ2v) is 11.3. The smallest absolute Gasteiger partial charge is 0.410 e. The van der Waals surface area contributed by atoms with Crippen molar-refractivity contribution in [3.63, 3.8) is 0 Å². The first-order valence-electron chi connectivity index (χ1n) is 11.2. The molecule has 0 bridgehead atoms. The predicted molar refractivity (Wildman–Crippen MR) is 124 cm³/mol. The number of carbonyl (C=O) groups excluding carboxylic acids is 2. The minimum Gasteiger partial charge on any atom is -0.444 e. The average molecular weight is 468 g/mol. The molecule has 2 amide bonds. The van der Waals surface area contributed by atoms with Gasteiger partial charge in [-0.2, -0.15) is 0 Å². The molecule has 1 N–H and O–H groups in total. The molecule has 0 spiro atoms. The highest BCUT2D eigenvalue weighted by Gasteiger charge is 2.30. The van der Waals surface area contributed by atoms with Gasteiger partial charge in [0.1, 0.15) is 5.60 Å². The molecule has 9 heteroatoms. The van der Waals surface area contributed by atoms with Crippen molar-refractivity contribution in [1.29, 1.82) is 0 Å². The summed E-state index contributed by atoms with van der Waals surface area (Å²) in [6.45, 7) is 11.2. The molecule has 32 heavy (non-hydrogen) atoms. The fourth-order valence-corrected chi connectivity index (χ4v) is 4.72. The standard InChI is InChI=1S/C23H37N3O5S/c1-18(2)26(22(28)31-23(3,4)5)17-19-10-9-15-25(16-19)21(27)13-14-24-32(29,30)20-11-7-6-8-12-20/h6-8,11-12,18-19,24H,9-10,13-17H2,1-5H3. The molecule has 1 fully saturated rings. The molecule has 1 aromatic rings. The molecule has 2 rings (SSSR count). The van der Waals surface area contributed by atoms with Crippen LogP contribution in [0, 0.1) is 5.92 Å². The molecule has 0 aliphatic carbocycles. The van der Waals surface area contributed by atoms with E-state index in [0.717, 1.165) is 12.8 Å². The molecule has 1 aliphatic heterocycles. The normalized spacial score (nSPS) is 17.3. The Morgan fingerprint density at radius 1 is 1.22 bits per heavy atom. The van der Waals surface area contributed by atoms with Crippen LogP contribution in [0.25, 0.3) is 0 Å². The number of ether oxygens (including phenoxy) is 1. The molecular formula is C23H37N3O5S. The van der Waals surface area contributed by atoms with Gasteiger partial charge in [0.25, 0.3) is 0 Å². The Morgan fingerprint density at radius 3 is 2.47 bits per heavy atom. The molecular weight excluding hydrogens is 430 g/mol. The van der Waals surface area contributed by atoms with E-state index in [1.807, 2.05) is 34.6 Å². The lowest BCUT2D eigenvalue weighted by molar-refractivity contribution is -0.132. The summed E-state index contributed by atoms with van der Waals surface area (Å²) in [6.07, 6.45) is 1.54. The van der Waals surface area contributed by atoms with Crippen molar-refractivity contribution in [2.75, 3.05) is 26.2 Å². The van der Waals surface area contributed by atoms with Crippen LogP contribution in [0.5, 0.6) is 0 Å². The molecule has 0 radical (unpaired) electrons. The Hall–Kier alpha value is -2.13. The van der Waals surface area contributed by atoms with Gasteiger partial charge in [-0.25, -0.2) is 17.9 Å². The highest BCUT2D eigenvalue weighted by molar-refractivity contribution is 7.89. The largest absolute Gasteiger partial charge is 0.444 e. The van der Waals surface area contributed by atoms with Crippen LogP contribution in [-0.2, 0) is 19.6 Å². The first-order valence-corrected chi connectivity index (χ1v) is 12.7. The minimum atomic E-state index is -3.63. The molecule has 8 nitrogen and oxygen atoms in total.